The molecule has 0 radical (unpaired) electrons. The van der Waals surface area contributed by atoms with Crippen LogP contribution in [0.2, 0.25) is 0 Å². The van der Waals surface area contributed by atoms with Gasteiger partial charge in [-0.15, -0.1) is 0 Å². The lowest BCUT2D eigenvalue weighted by molar-refractivity contribution is -0.150. The summed E-state index contributed by atoms with van der Waals surface area (Å²) in [7, 11) is 0. The summed E-state index contributed by atoms with van der Waals surface area (Å²) in [4.78, 5) is 11.2. The summed E-state index contributed by atoms with van der Waals surface area (Å²) in [5, 5.41) is 6.20. The Morgan fingerprint density at radius 1 is 0.509 bits per heavy atom. The van der Waals surface area contributed by atoms with E-state index in [1.54, 1.807) is 55.1 Å². The van der Waals surface area contributed by atoms with Gasteiger partial charge in [-0.25, -0.2) is 0 Å². The van der Waals surface area contributed by atoms with Crippen LogP contribution >= 0.6 is 0 Å². The van der Waals surface area contributed by atoms with E-state index < -0.39 is 0 Å². The number of benzene rings is 4. The van der Waals surface area contributed by atoms with Crippen LogP contribution in [-0.4, -0.2) is 14.4 Å². The SMILES string of the molecule is c1cc2c3c(c1)CCc1c-3c(c3c4c5c(ncc4n4c6cnc7c(c6c1c34)C1c3ccccc3C7c3ccccc31)C1CC34CC5CC(C1)(C3)C4)CC2. The second kappa shape index (κ2) is 8.21. The molecule has 12 aliphatic rings. The molecule has 5 saturated carbocycles. The summed E-state index contributed by atoms with van der Waals surface area (Å²) in [6.45, 7) is 0. The lowest BCUT2D eigenvalue weighted by atomic mass is 9.37. The number of hydrogen-bond acceptors (Lipinski definition) is 2. The zero-order chi connectivity index (χ0) is 33.7. The summed E-state index contributed by atoms with van der Waals surface area (Å²) in [6.07, 6.45) is 17.7. The van der Waals surface area contributed by atoms with Crippen molar-refractivity contribution in [3.63, 3.8) is 0 Å². The molecule has 4 aromatic heterocycles. The number of nitrogens with zero attached hydrogens (tertiary/aromatic N) is 3. The molecule has 0 amide bonds. The second-order valence-corrected chi connectivity index (χ2v) is 19.0. The normalized spacial score (nSPS) is 29.7. The van der Waals surface area contributed by atoms with Crippen molar-refractivity contribution in [2.24, 2.45) is 10.8 Å². The average Bonchev–Trinajstić information content (AvgIpc) is 3.67. The number of fused-ring (bicyclic) bond motifs is 8. The van der Waals surface area contributed by atoms with Crippen molar-refractivity contribution in [1.29, 1.82) is 0 Å². The van der Waals surface area contributed by atoms with E-state index in [2.05, 4.69) is 83.5 Å². The third kappa shape index (κ3) is 2.72. The molecule has 20 rings (SSSR count). The van der Waals surface area contributed by atoms with Gasteiger partial charge in [0.2, 0.25) is 0 Å². The van der Waals surface area contributed by atoms with Gasteiger partial charge in [0, 0.05) is 39.1 Å². The minimum Gasteiger partial charge on any atom is -0.305 e. The highest BCUT2D eigenvalue weighted by Crippen LogP contribution is 2.78. The maximum absolute atomic E-state index is 5.60. The summed E-state index contributed by atoms with van der Waals surface area (Å²) in [5.41, 5.74) is 26.7. The maximum atomic E-state index is 5.60. The summed E-state index contributed by atoms with van der Waals surface area (Å²) in [5.74, 6) is 1.66. The first-order valence-electron chi connectivity index (χ1n) is 20.5. The number of rotatable bonds is 0. The average molecular weight is 680 g/mol. The fourth-order valence-electron chi connectivity index (χ4n) is 15.8. The van der Waals surface area contributed by atoms with Crippen LogP contribution in [0.15, 0.2) is 79.1 Å². The summed E-state index contributed by atoms with van der Waals surface area (Å²) >= 11 is 0. The smallest absolute Gasteiger partial charge is 0.0729 e. The van der Waals surface area contributed by atoms with Crippen LogP contribution < -0.4 is 0 Å². The Morgan fingerprint density at radius 3 is 1.68 bits per heavy atom. The molecule has 2 spiro atoms. The van der Waals surface area contributed by atoms with Gasteiger partial charge in [0.05, 0.1) is 40.6 Å². The van der Waals surface area contributed by atoms with Crippen molar-refractivity contribution < 1.29 is 0 Å². The van der Waals surface area contributed by atoms with E-state index in [9.17, 15) is 0 Å². The predicted octanol–water partition coefficient (Wildman–Crippen LogP) is 11.0. The fourth-order valence-corrected chi connectivity index (χ4v) is 15.8. The Hall–Kier alpha value is -5.02. The lowest BCUT2D eigenvalue weighted by Gasteiger charge is -2.67. The zero-order valence-corrected chi connectivity index (χ0v) is 29.7. The molecule has 53 heavy (non-hydrogen) atoms. The number of pyridine rings is 2. The van der Waals surface area contributed by atoms with Crippen LogP contribution in [-0.2, 0) is 25.7 Å². The molecule has 0 atom stereocenters. The number of hydrogen-bond donors (Lipinski definition) is 0. The Morgan fingerprint density at radius 2 is 1.06 bits per heavy atom. The highest BCUT2D eigenvalue weighted by molar-refractivity contribution is 6.29. The highest BCUT2D eigenvalue weighted by Gasteiger charge is 2.66. The third-order valence-corrected chi connectivity index (χ3v) is 16.7. The van der Waals surface area contributed by atoms with E-state index in [-0.39, 0.29) is 11.8 Å². The molecule has 3 heteroatoms. The van der Waals surface area contributed by atoms with Crippen LogP contribution in [0.1, 0.15) is 129 Å². The van der Waals surface area contributed by atoms with Crippen LogP contribution in [0.3, 0.4) is 0 Å². The zero-order valence-electron chi connectivity index (χ0n) is 29.7. The molecule has 12 aliphatic carbocycles. The largest absolute Gasteiger partial charge is 0.305 e. The summed E-state index contributed by atoms with van der Waals surface area (Å²) < 4.78 is 2.70. The molecular formula is C50H37N3. The molecule has 4 aromatic carbocycles. The molecule has 8 aromatic rings. The molecule has 5 fully saturated rings. The number of aryl methyl sites for hydroxylation is 4. The van der Waals surface area contributed by atoms with Crippen molar-refractivity contribution >= 4 is 38.1 Å². The Kier molecular flexibility index (Phi) is 4.14. The van der Waals surface area contributed by atoms with Crippen molar-refractivity contribution in [3.05, 3.63) is 146 Å². The molecule has 0 N–H and O–H groups in total. The minimum atomic E-state index is 0.176. The first-order chi connectivity index (χ1) is 26.2. The van der Waals surface area contributed by atoms with Gasteiger partial charge in [-0.05, 0) is 148 Å². The number of aromatic nitrogens is 3. The van der Waals surface area contributed by atoms with Crippen molar-refractivity contribution in [2.45, 2.75) is 87.9 Å². The van der Waals surface area contributed by atoms with Gasteiger partial charge < -0.3 is 4.40 Å². The standard InChI is InChI=1S/C50H37N3/c1-3-10-30-28(8-1)38-29-9-2-4-11-31(29)40(30)47-45(38)44-35(21-52-47)53-34-20-51-46-27-18-49-16-26(17-50(19-27,22-49)23-49)37(46)43(34)41-32-14-12-24-6-5-7-25-13-15-33(39(32)36(24)25)42(44)48(41)53/h1-11,20-21,26-27,38,40H,12-19,22-23H2. The quantitative estimate of drug-likeness (QED) is 0.160. The van der Waals surface area contributed by atoms with Gasteiger partial charge in [-0.3, -0.25) is 9.97 Å². The molecule has 6 bridgehead atoms. The topological polar surface area (TPSA) is 30.2 Å². The van der Waals surface area contributed by atoms with Gasteiger partial charge >= 0.3 is 0 Å². The highest BCUT2D eigenvalue weighted by atomic mass is 15.0. The molecule has 0 saturated heterocycles. The lowest BCUT2D eigenvalue weighted by Crippen LogP contribution is -2.56. The second-order valence-electron chi connectivity index (χ2n) is 19.0. The Bertz CT molecular complexity index is 3030. The molecule has 0 unspecified atom stereocenters. The molecule has 4 heterocycles. The van der Waals surface area contributed by atoms with E-state index in [4.69, 9.17) is 9.97 Å². The molecular weight excluding hydrogens is 643 g/mol. The third-order valence-electron chi connectivity index (χ3n) is 16.7. The van der Waals surface area contributed by atoms with Gasteiger partial charge in [0.25, 0.3) is 0 Å². The van der Waals surface area contributed by atoms with Crippen LogP contribution in [0, 0.1) is 10.8 Å². The van der Waals surface area contributed by atoms with Crippen LogP contribution in [0.25, 0.3) is 49.2 Å². The molecule has 0 aliphatic heterocycles. The predicted molar refractivity (Wildman–Crippen MR) is 210 cm³/mol. The van der Waals surface area contributed by atoms with E-state index in [1.807, 2.05) is 0 Å². The molecule has 3 nitrogen and oxygen atoms in total. The Balaban J connectivity index is 1.13. The van der Waals surface area contributed by atoms with Gasteiger partial charge in [-0.1, -0.05) is 66.7 Å². The van der Waals surface area contributed by atoms with Crippen molar-refractivity contribution in [1.82, 2.24) is 14.4 Å². The van der Waals surface area contributed by atoms with E-state index in [1.165, 1.54) is 99.7 Å². The van der Waals surface area contributed by atoms with E-state index >= 15 is 0 Å². The van der Waals surface area contributed by atoms with Crippen LogP contribution in [0.4, 0.5) is 0 Å². The van der Waals surface area contributed by atoms with Gasteiger partial charge in [0.1, 0.15) is 0 Å². The van der Waals surface area contributed by atoms with Crippen molar-refractivity contribution in [3.8, 4) is 11.1 Å². The van der Waals surface area contributed by atoms with Gasteiger partial charge in [0.15, 0.2) is 0 Å². The van der Waals surface area contributed by atoms with Gasteiger partial charge in [-0.2, -0.15) is 0 Å². The maximum Gasteiger partial charge on any atom is 0.0729 e. The van der Waals surface area contributed by atoms with Crippen molar-refractivity contribution in [2.75, 3.05) is 0 Å². The first-order valence-corrected chi connectivity index (χ1v) is 20.5. The van der Waals surface area contributed by atoms with E-state index in [0.717, 1.165) is 25.7 Å². The minimum absolute atomic E-state index is 0.176. The van der Waals surface area contributed by atoms with Crippen LogP contribution in [0.5, 0.6) is 0 Å². The molecule has 252 valence electrons. The van der Waals surface area contributed by atoms with E-state index in [0.29, 0.717) is 22.7 Å². The monoisotopic (exact) mass is 679 g/mol. The summed E-state index contributed by atoms with van der Waals surface area (Å²) in [6, 6.07) is 25.8. The fraction of sp³-hybridized carbons (Fsp3) is 0.320. The Labute approximate surface area is 307 Å². The first kappa shape index (κ1) is 26.7.